The van der Waals surface area contributed by atoms with E-state index in [0.717, 1.165) is 26.0 Å². The van der Waals surface area contributed by atoms with E-state index in [1.807, 2.05) is 7.05 Å². The summed E-state index contributed by atoms with van der Waals surface area (Å²) in [7, 11) is 1.95. The highest BCUT2D eigenvalue weighted by atomic mass is 16.5. The Balaban J connectivity index is 1.91. The zero-order chi connectivity index (χ0) is 12.8. The van der Waals surface area contributed by atoms with Gasteiger partial charge >= 0.3 is 0 Å². The summed E-state index contributed by atoms with van der Waals surface area (Å²) in [4.78, 5) is 0. The summed E-state index contributed by atoms with van der Waals surface area (Å²) in [5, 5.41) is 3.19. The van der Waals surface area contributed by atoms with Crippen LogP contribution in [-0.4, -0.2) is 32.9 Å². The van der Waals surface area contributed by atoms with Crippen molar-refractivity contribution in [1.29, 1.82) is 0 Å². The molecule has 2 unspecified atom stereocenters. The Morgan fingerprint density at radius 2 is 2.17 bits per heavy atom. The lowest BCUT2D eigenvalue weighted by atomic mass is 10.1. The van der Waals surface area contributed by atoms with Crippen molar-refractivity contribution >= 4 is 0 Å². The fourth-order valence-electron chi connectivity index (χ4n) is 2.24. The molecule has 2 rings (SSSR count). The summed E-state index contributed by atoms with van der Waals surface area (Å²) in [5.41, 5.74) is 2.51. The number of rotatable bonds is 6. The number of benzene rings is 1. The molecule has 0 amide bonds. The van der Waals surface area contributed by atoms with Crippen LogP contribution >= 0.6 is 0 Å². The van der Waals surface area contributed by atoms with Gasteiger partial charge in [0.2, 0.25) is 0 Å². The molecule has 1 aromatic rings. The summed E-state index contributed by atoms with van der Waals surface area (Å²) < 4.78 is 11.6. The Hall–Kier alpha value is -0.900. The smallest absolute Gasteiger partial charge is 0.0950 e. The van der Waals surface area contributed by atoms with E-state index in [-0.39, 0.29) is 12.2 Å². The van der Waals surface area contributed by atoms with Crippen LogP contribution in [0.1, 0.15) is 30.1 Å². The van der Waals surface area contributed by atoms with E-state index in [1.54, 1.807) is 0 Å². The van der Waals surface area contributed by atoms with Crippen molar-refractivity contribution in [1.82, 2.24) is 5.32 Å². The predicted octanol–water partition coefficient (Wildman–Crippen LogP) is 2.45. The van der Waals surface area contributed by atoms with Crippen molar-refractivity contribution in [2.75, 3.05) is 26.8 Å². The topological polar surface area (TPSA) is 30.5 Å². The highest BCUT2D eigenvalue weighted by molar-refractivity contribution is 5.23. The molecular weight excluding hydrogens is 226 g/mol. The molecule has 2 atom stereocenters. The zero-order valence-corrected chi connectivity index (χ0v) is 11.3. The molecular formula is C15H23NO2. The first-order chi connectivity index (χ1) is 8.79. The van der Waals surface area contributed by atoms with Crippen LogP contribution in [0.5, 0.6) is 0 Å². The highest BCUT2D eigenvalue weighted by Gasteiger charge is 2.18. The number of hydrogen-bond donors (Lipinski definition) is 1. The van der Waals surface area contributed by atoms with E-state index in [0.29, 0.717) is 6.61 Å². The molecule has 0 saturated carbocycles. The number of ether oxygens (including phenoxy) is 2. The molecule has 3 heteroatoms. The van der Waals surface area contributed by atoms with Crippen LogP contribution in [0.25, 0.3) is 0 Å². The van der Waals surface area contributed by atoms with Crippen molar-refractivity contribution in [2.24, 2.45) is 0 Å². The molecule has 1 aliphatic heterocycles. The second kappa shape index (κ2) is 6.88. The Morgan fingerprint density at radius 3 is 2.78 bits per heavy atom. The van der Waals surface area contributed by atoms with Gasteiger partial charge in [0.25, 0.3) is 0 Å². The van der Waals surface area contributed by atoms with Crippen LogP contribution in [0.15, 0.2) is 24.3 Å². The quantitative estimate of drug-likeness (QED) is 0.840. The lowest BCUT2D eigenvalue weighted by Crippen LogP contribution is -2.24. The van der Waals surface area contributed by atoms with Crippen LogP contribution in [0.3, 0.4) is 0 Å². The SMILES string of the molecule is CNCC(OCC1CCCO1)c1ccc(C)cc1. The van der Waals surface area contributed by atoms with Gasteiger partial charge < -0.3 is 14.8 Å². The van der Waals surface area contributed by atoms with Gasteiger partial charge in [0, 0.05) is 13.2 Å². The second-order valence-corrected chi connectivity index (χ2v) is 4.93. The molecule has 1 N–H and O–H groups in total. The lowest BCUT2D eigenvalue weighted by Gasteiger charge is -2.20. The Morgan fingerprint density at radius 1 is 1.39 bits per heavy atom. The molecule has 18 heavy (non-hydrogen) atoms. The minimum atomic E-state index is 0.111. The van der Waals surface area contributed by atoms with Gasteiger partial charge in [-0.15, -0.1) is 0 Å². The van der Waals surface area contributed by atoms with Crippen LogP contribution in [-0.2, 0) is 9.47 Å². The van der Waals surface area contributed by atoms with Crippen molar-refractivity contribution in [3.8, 4) is 0 Å². The monoisotopic (exact) mass is 249 g/mol. The zero-order valence-electron chi connectivity index (χ0n) is 11.3. The van der Waals surface area contributed by atoms with Gasteiger partial charge in [0.1, 0.15) is 0 Å². The van der Waals surface area contributed by atoms with Crippen LogP contribution in [0.4, 0.5) is 0 Å². The Kier molecular flexibility index (Phi) is 5.17. The van der Waals surface area contributed by atoms with Crippen molar-refractivity contribution in [3.05, 3.63) is 35.4 Å². The third-order valence-electron chi connectivity index (χ3n) is 3.35. The molecule has 0 aromatic heterocycles. The van der Waals surface area contributed by atoms with Crippen LogP contribution in [0.2, 0.25) is 0 Å². The fraction of sp³-hybridized carbons (Fsp3) is 0.600. The van der Waals surface area contributed by atoms with E-state index in [9.17, 15) is 0 Å². The first-order valence-electron chi connectivity index (χ1n) is 6.74. The maximum Gasteiger partial charge on any atom is 0.0950 e. The normalized spacial score (nSPS) is 21.1. The molecule has 1 aromatic carbocycles. The maximum absolute atomic E-state index is 6.00. The lowest BCUT2D eigenvalue weighted by molar-refractivity contribution is -0.0204. The van der Waals surface area contributed by atoms with Gasteiger partial charge in [-0.05, 0) is 32.4 Å². The summed E-state index contributed by atoms with van der Waals surface area (Å²) in [6, 6.07) is 8.56. The molecule has 0 bridgehead atoms. The molecule has 1 fully saturated rings. The number of likely N-dealkylation sites (N-methyl/N-ethyl adjacent to an activating group) is 1. The van der Waals surface area contributed by atoms with Crippen LogP contribution in [0, 0.1) is 6.92 Å². The molecule has 0 aliphatic carbocycles. The third kappa shape index (κ3) is 3.80. The fourth-order valence-corrected chi connectivity index (χ4v) is 2.24. The molecule has 1 aliphatic rings. The first kappa shape index (κ1) is 13.5. The highest BCUT2D eigenvalue weighted by Crippen LogP contribution is 2.20. The maximum atomic E-state index is 6.00. The summed E-state index contributed by atoms with van der Waals surface area (Å²) in [6.07, 6.45) is 2.68. The number of hydrogen-bond acceptors (Lipinski definition) is 3. The Labute approximate surface area is 109 Å². The van der Waals surface area contributed by atoms with Crippen molar-refractivity contribution in [2.45, 2.75) is 32.0 Å². The minimum Gasteiger partial charge on any atom is -0.376 e. The van der Waals surface area contributed by atoms with Gasteiger partial charge in [0.15, 0.2) is 0 Å². The molecule has 0 spiro atoms. The Bertz CT molecular complexity index is 344. The van der Waals surface area contributed by atoms with Gasteiger partial charge in [0.05, 0.1) is 18.8 Å². The van der Waals surface area contributed by atoms with Crippen molar-refractivity contribution < 1.29 is 9.47 Å². The molecule has 0 radical (unpaired) electrons. The van der Waals surface area contributed by atoms with Gasteiger partial charge in [-0.2, -0.15) is 0 Å². The molecule has 3 nitrogen and oxygen atoms in total. The number of nitrogens with one attached hydrogen (secondary N) is 1. The minimum absolute atomic E-state index is 0.111. The largest absolute Gasteiger partial charge is 0.376 e. The average Bonchev–Trinajstić information content (AvgIpc) is 2.89. The van der Waals surface area contributed by atoms with Gasteiger partial charge in [-0.25, -0.2) is 0 Å². The van der Waals surface area contributed by atoms with Crippen molar-refractivity contribution in [3.63, 3.8) is 0 Å². The van der Waals surface area contributed by atoms with Gasteiger partial charge in [-0.1, -0.05) is 29.8 Å². The summed E-state index contributed by atoms with van der Waals surface area (Å²) >= 11 is 0. The molecule has 100 valence electrons. The first-order valence-corrected chi connectivity index (χ1v) is 6.74. The second-order valence-electron chi connectivity index (χ2n) is 4.93. The van der Waals surface area contributed by atoms with E-state index in [4.69, 9.17) is 9.47 Å². The summed E-state index contributed by atoms with van der Waals surface area (Å²) in [6.45, 7) is 4.51. The predicted molar refractivity (Wildman–Crippen MR) is 72.8 cm³/mol. The van der Waals surface area contributed by atoms with E-state index >= 15 is 0 Å². The van der Waals surface area contributed by atoms with E-state index < -0.39 is 0 Å². The average molecular weight is 249 g/mol. The third-order valence-corrected chi connectivity index (χ3v) is 3.35. The van der Waals surface area contributed by atoms with Gasteiger partial charge in [-0.3, -0.25) is 0 Å². The van der Waals surface area contributed by atoms with E-state index in [1.165, 1.54) is 11.1 Å². The number of aryl methyl sites for hydroxylation is 1. The molecule has 1 saturated heterocycles. The molecule has 1 heterocycles. The van der Waals surface area contributed by atoms with Crippen LogP contribution < -0.4 is 5.32 Å². The summed E-state index contributed by atoms with van der Waals surface area (Å²) in [5.74, 6) is 0. The van der Waals surface area contributed by atoms with E-state index in [2.05, 4.69) is 36.5 Å². The standard InChI is InChI=1S/C15H23NO2/c1-12-5-7-13(8-6-12)15(10-16-2)18-11-14-4-3-9-17-14/h5-8,14-16H,3-4,9-11H2,1-2H3.